The summed E-state index contributed by atoms with van der Waals surface area (Å²) in [5.41, 5.74) is 0. The Morgan fingerprint density at radius 3 is 2.31 bits per heavy atom. The van der Waals surface area contributed by atoms with Gasteiger partial charge < -0.3 is 4.74 Å². The minimum absolute atomic E-state index is 0.677. The molecule has 1 saturated carbocycles. The van der Waals surface area contributed by atoms with Gasteiger partial charge in [0, 0.05) is 0 Å². The number of hydrogen-bond acceptors (Lipinski definition) is 1. The first kappa shape index (κ1) is 9.51. The Morgan fingerprint density at radius 2 is 1.69 bits per heavy atom. The van der Waals surface area contributed by atoms with Crippen molar-refractivity contribution in [3.63, 3.8) is 0 Å². The number of rotatable bonds is 4. The van der Waals surface area contributed by atoms with Crippen molar-refractivity contribution >= 4 is 0 Å². The highest BCUT2D eigenvalue weighted by Crippen LogP contribution is 2.38. The van der Waals surface area contributed by atoms with Crippen molar-refractivity contribution in [1.82, 2.24) is 0 Å². The molecule has 0 aromatic rings. The Morgan fingerprint density at radius 1 is 1.00 bits per heavy atom. The molecule has 1 saturated heterocycles. The molecule has 1 heterocycles. The van der Waals surface area contributed by atoms with Crippen LogP contribution in [-0.2, 0) is 4.74 Å². The second-order valence-corrected chi connectivity index (χ2v) is 4.73. The van der Waals surface area contributed by atoms with Gasteiger partial charge in [-0.2, -0.15) is 0 Å². The van der Waals surface area contributed by atoms with Crippen molar-refractivity contribution in [2.24, 2.45) is 5.92 Å². The predicted octanol–water partition coefficient (Wildman–Crippen LogP) is 3.52. The van der Waals surface area contributed by atoms with Crippen LogP contribution in [0.2, 0.25) is 0 Å². The average Bonchev–Trinajstić information content (AvgIpc) is 2.86. The molecule has 0 aromatic carbocycles. The Balaban J connectivity index is 1.62. The Hall–Kier alpha value is -0.0400. The summed E-state index contributed by atoms with van der Waals surface area (Å²) in [7, 11) is 0. The third kappa shape index (κ3) is 2.70. The van der Waals surface area contributed by atoms with Crippen LogP contribution in [0.1, 0.15) is 58.3 Å². The van der Waals surface area contributed by atoms with E-state index in [1.165, 1.54) is 51.4 Å². The van der Waals surface area contributed by atoms with Crippen molar-refractivity contribution in [3.8, 4) is 0 Å². The van der Waals surface area contributed by atoms with E-state index < -0.39 is 0 Å². The van der Waals surface area contributed by atoms with Crippen molar-refractivity contribution < 1.29 is 4.74 Å². The van der Waals surface area contributed by atoms with Crippen LogP contribution in [-0.4, -0.2) is 12.2 Å². The molecule has 0 N–H and O–H groups in total. The van der Waals surface area contributed by atoms with Crippen LogP contribution in [0.3, 0.4) is 0 Å². The van der Waals surface area contributed by atoms with Crippen LogP contribution in [0, 0.1) is 5.92 Å². The molecule has 0 bridgehead atoms. The van der Waals surface area contributed by atoms with E-state index in [-0.39, 0.29) is 0 Å². The molecule has 76 valence electrons. The lowest BCUT2D eigenvalue weighted by molar-refractivity contribution is 0.292. The summed E-state index contributed by atoms with van der Waals surface area (Å²) in [6, 6.07) is 0. The van der Waals surface area contributed by atoms with E-state index in [2.05, 4.69) is 6.92 Å². The molecule has 1 aliphatic heterocycles. The first-order chi connectivity index (χ1) is 6.40. The Bertz CT molecular complexity index is 143. The van der Waals surface area contributed by atoms with Crippen molar-refractivity contribution in [2.75, 3.05) is 0 Å². The van der Waals surface area contributed by atoms with Crippen LogP contribution < -0.4 is 0 Å². The van der Waals surface area contributed by atoms with Crippen molar-refractivity contribution in [3.05, 3.63) is 0 Å². The maximum absolute atomic E-state index is 5.53. The van der Waals surface area contributed by atoms with Gasteiger partial charge in [-0.15, -0.1) is 0 Å². The molecule has 0 aromatic heterocycles. The van der Waals surface area contributed by atoms with Crippen LogP contribution in [0.4, 0.5) is 0 Å². The highest BCUT2D eigenvalue weighted by Gasteiger charge is 2.40. The van der Waals surface area contributed by atoms with Crippen LogP contribution in [0.5, 0.6) is 0 Å². The topological polar surface area (TPSA) is 12.5 Å². The summed E-state index contributed by atoms with van der Waals surface area (Å²) >= 11 is 0. The van der Waals surface area contributed by atoms with Gasteiger partial charge in [0.1, 0.15) is 0 Å². The predicted molar refractivity (Wildman–Crippen MR) is 54.8 cm³/mol. The average molecular weight is 182 g/mol. The smallest absolute Gasteiger partial charge is 0.0842 e. The van der Waals surface area contributed by atoms with E-state index in [1.54, 1.807) is 0 Å². The molecule has 0 radical (unpaired) electrons. The zero-order valence-electron chi connectivity index (χ0n) is 8.80. The van der Waals surface area contributed by atoms with Gasteiger partial charge in [-0.1, -0.05) is 32.6 Å². The zero-order valence-corrected chi connectivity index (χ0v) is 8.80. The summed E-state index contributed by atoms with van der Waals surface area (Å²) in [5, 5.41) is 0. The van der Waals surface area contributed by atoms with Crippen LogP contribution >= 0.6 is 0 Å². The number of unbranched alkanes of at least 4 members (excludes halogenated alkanes) is 2. The zero-order chi connectivity index (χ0) is 9.10. The highest BCUT2D eigenvalue weighted by molar-refractivity contribution is 4.88. The molecule has 2 rings (SSSR count). The first-order valence-corrected chi connectivity index (χ1v) is 6.05. The van der Waals surface area contributed by atoms with Gasteiger partial charge in [0.05, 0.1) is 12.2 Å². The lowest BCUT2D eigenvalue weighted by Crippen LogP contribution is -2.00. The highest BCUT2D eigenvalue weighted by atomic mass is 16.6. The molecule has 2 aliphatic rings. The first-order valence-electron chi connectivity index (χ1n) is 6.05. The van der Waals surface area contributed by atoms with Crippen molar-refractivity contribution in [1.29, 1.82) is 0 Å². The molecular formula is C12H22O. The van der Waals surface area contributed by atoms with E-state index in [0.29, 0.717) is 12.2 Å². The monoisotopic (exact) mass is 182 g/mol. The normalized spacial score (nSPS) is 38.1. The number of epoxide rings is 1. The number of fused-ring (bicyclic) bond motifs is 1. The summed E-state index contributed by atoms with van der Waals surface area (Å²) < 4.78 is 5.53. The number of hydrogen-bond donors (Lipinski definition) is 0. The summed E-state index contributed by atoms with van der Waals surface area (Å²) in [4.78, 5) is 0. The molecule has 1 nitrogen and oxygen atoms in total. The molecule has 0 spiro atoms. The van der Waals surface area contributed by atoms with Gasteiger partial charge in [-0.3, -0.25) is 0 Å². The second kappa shape index (κ2) is 4.45. The maximum atomic E-state index is 5.53. The van der Waals surface area contributed by atoms with E-state index in [1.807, 2.05) is 0 Å². The quantitative estimate of drug-likeness (QED) is 0.478. The molecular weight excluding hydrogens is 160 g/mol. The Kier molecular flexibility index (Phi) is 3.26. The van der Waals surface area contributed by atoms with Gasteiger partial charge in [-0.25, -0.2) is 0 Å². The fraction of sp³-hybridized carbons (Fsp3) is 1.00. The second-order valence-electron chi connectivity index (χ2n) is 4.73. The molecule has 1 aliphatic carbocycles. The van der Waals surface area contributed by atoms with Crippen molar-refractivity contribution in [2.45, 2.75) is 70.5 Å². The van der Waals surface area contributed by atoms with Gasteiger partial charge >= 0.3 is 0 Å². The molecule has 0 amide bonds. The van der Waals surface area contributed by atoms with E-state index in [4.69, 9.17) is 4.74 Å². The summed E-state index contributed by atoms with van der Waals surface area (Å²) in [6.07, 6.45) is 12.6. The summed E-state index contributed by atoms with van der Waals surface area (Å²) in [5.74, 6) is 1.03. The molecule has 1 heteroatoms. The van der Waals surface area contributed by atoms with Gasteiger partial charge in [0.2, 0.25) is 0 Å². The Labute approximate surface area is 81.9 Å². The minimum Gasteiger partial charge on any atom is -0.370 e. The lowest BCUT2D eigenvalue weighted by Gasteiger charge is -2.13. The minimum atomic E-state index is 0.677. The molecule has 2 atom stereocenters. The molecule has 13 heavy (non-hydrogen) atoms. The standard InChI is InChI=1S/C12H22O/c1-2-3-4-5-10-6-8-11-12(13-11)9-7-10/h10-12H,2-9H2,1H3. The fourth-order valence-corrected chi connectivity index (χ4v) is 2.60. The van der Waals surface area contributed by atoms with Gasteiger partial charge in [-0.05, 0) is 31.6 Å². The van der Waals surface area contributed by atoms with Crippen LogP contribution in [0.25, 0.3) is 0 Å². The fourth-order valence-electron chi connectivity index (χ4n) is 2.60. The van der Waals surface area contributed by atoms with Gasteiger partial charge in [0.25, 0.3) is 0 Å². The molecule has 2 fully saturated rings. The molecule has 2 unspecified atom stereocenters. The largest absolute Gasteiger partial charge is 0.370 e. The number of ether oxygens (including phenoxy) is 1. The third-order valence-electron chi connectivity index (χ3n) is 3.62. The summed E-state index contributed by atoms with van der Waals surface area (Å²) in [6.45, 7) is 2.29. The van der Waals surface area contributed by atoms with Crippen LogP contribution in [0.15, 0.2) is 0 Å². The third-order valence-corrected chi connectivity index (χ3v) is 3.62. The maximum Gasteiger partial charge on any atom is 0.0842 e. The van der Waals surface area contributed by atoms with Gasteiger partial charge in [0.15, 0.2) is 0 Å². The van der Waals surface area contributed by atoms with E-state index in [9.17, 15) is 0 Å². The lowest BCUT2D eigenvalue weighted by atomic mass is 9.94. The SMILES string of the molecule is CCCCCC1CCC2OC2CC1. The van der Waals surface area contributed by atoms with E-state index >= 15 is 0 Å². The van der Waals surface area contributed by atoms with E-state index in [0.717, 1.165) is 5.92 Å².